The molecule has 7 heteroatoms. The monoisotopic (exact) mass is 234 g/mol. The molecule has 0 aromatic heterocycles. The van der Waals surface area contributed by atoms with E-state index in [9.17, 15) is 17.6 Å². The maximum Gasteiger partial charge on any atom is 0.450 e. The molecule has 0 spiro atoms. The van der Waals surface area contributed by atoms with Gasteiger partial charge in [0.1, 0.15) is 0 Å². The lowest BCUT2D eigenvalue weighted by molar-refractivity contribution is -0.450. The normalized spacial score (nSPS) is 15.4. The van der Waals surface area contributed by atoms with Gasteiger partial charge in [-0.05, 0) is 13.3 Å². The fraction of sp³-hybridized carbons (Fsp3) is 1.00. The first kappa shape index (κ1) is 14.6. The molecule has 0 rings (SSSR count). The second kappa shape index (κ2) is 5.62. The molecule has 0 aliphatic carbocycles. The van der Waals surface area contributed by atoms with Crippen LogP contribution in [0.25, 0.3) is 0 Å². The molecule has 0 aliphatic rings. The summed E-state index contributed by atoms with van der Waals surface area (Å²) < 4.78 is 57.7. The van der Waals surface area contributed by atoms with Crippen LogP contribution in [0.15, 0.2) is 0 Å². The molecule has 0 aromatic rings. The van der Waals surface area contributed by atoms with Crippen molar-refractivity contribution in [2.24, 2.45) is 0 Å². The molecule has 0 fully saturated rings. The van der Waals surface area contributed by atoms with Gasteiger partial charge in [-0.2, -0.15) is 17.6 Å². The zero-order chi connectivity index (χ0) is 12.1. The van der Waals surface area contributed by atoms with Crippen LogP contribution in [0.1, 0.15) is 26.7 Å². The molecule has 3 nitrogen and oxygen atoms in total. The van der Waals surface area contributed by atoms with Crippen molar-refractivity contribution in [3.05, 3.63) is 0 Å². The number of rotatable bonds is 7. The second-order valence-corrected chi connectivity index (χ2v) is 2.95. The summed E-state index contributed by atoms with van der Waals surface area (Å²) in [6.45, 7) is 2.00. The summed E-state index contributed by atoms with van der Waals surface area (Å²) in [5.41, 5.74) is 0. The van der Waals surface area contributed by atoms with Crippen LogP contribution in [0.5, 0.6) is 0 Å². The molecule has 92 valence electrons. The van der Waals surface area contributed by atoms with Crippen LogP contribution in [0.2, 0.25) is 0 Å². The predicted octanol–water partition coefficient (Wildman–Crippen LogP) is 2.34. The lowest BCUT2D eigenvalue weighted by Crippen LogP contribution is -2.46. The predicted molar refractivity (Wildman–Crippen MR) is 43.5 cm³/mol. The Morgan fingerprint density at radius 2 is 1.73 bits per heavy atom. The van der Waals surface area contributed by atoms with Crippen LogP contribution in [-0.2, 0) is 9.47 Å². The van der Waals surface area contributed by atoms with E-state index in [-0.39, 0.29) is 6.42 Å². The maximum atomic E-state index is 12.7. The standard InChI is InChI=1S/C8H14F4O3/c1-3-4-5-14-7(9,10)8(11,12)15-6(2)13/h6,13H,3-5H2,1-2H3. The Morgan fingerprint density at radius 1 is 1.20 bits per heavy atom. The summed E-state index contributed by atoms with van der Waals surface area (Å²) in [6.07, 6.45) is -10.8. The first-order chi connectivity index (χ1) is 6.73. The topological polar surface area (TPSA) is 38.7 Å². The van der Waals surface area contributed by atoms with E-state index in [0.29, 0.717) is 6.42 Å². The Bertz CT molecular complexity index is 185. The maximum absolute atomic E-state index is 12.7. The molecule has 0 aromatic carbocycles. The fourth-order valence-corrected chi connectivity index (χ4v) is 0.712. The van der Waals surface area contributed by atoms with E-state index in [1.54, 1.807) is 6.92 Å². The number of hydrogen-bond acceptors (Lipinski definition) is 3. The van der Waals surface area contributed by atoms with Gasteiger partial charge in [0, 0.05) is 0 Å². The Hall–Kier alpha value is -0.400. The van der Waals surface area contributed by atoms with Crippen molar-refractivity contribution in [1.82, 2.24) is 0 Å². The van der Waals surface area contributed by atoms with Crippen molar-refractivity contribution < 1.29 is 32.1 Å². The Kier molecular flexibility index (Phi) is 5.47. The first-order valence-electron chi connectivity index (χ1n) is 4.48. The average molecular weight is 234 g/mol. The van der Waals surface area contributed by atoms with Crippen LogP contribution < -0.4 is 0 Å². The number of ether oxygens (including phenoxy) is 2. The first-order valence-corrected chi connectivity index (χ1v) is 4.48. The summed E-state index contributed by atoms with van der Waals surface area (Å²) in [7, 11) is 0. The largest absolute Gasteiger partial charge is 0.450 e. The molecule has 0 bridgehead atoms. The van der Waals surface area contributed by atoms with E-state index in [0.717, 1.165) is 6.92 Å². The minimum atomic E-state index is -4.84. The molecule has 1 unspecified atom stereocenters. The van der Waals surface area contributed by atoms with Gasteiger partial charge in [-0.1, -0.05) is 13.3 Å². The molecular formula is C8H14F4O3. The molecule has 15 heavy (non-hydrogen) atoms. The summed E-state index contributed by atoms with van der Waals surface area (Å²) in [6, 6.07) is 0. The van der Waals surface area contributed by atoms with Gasteiger partial charge >= 0.3 is 12.2 Å². The van der Waals surface area contributed by atoms with Crippen LogP contribution in [0.4, 0.5) is 17.6 Å². The van der Waals surface area contributed by atoms with Gasteiger partial charge < -0.3 is 9.84 Å². The van der Waals surface area contributed by atoms with E-state index in [4.69, 9.17) is 5.11 Å². The molecule has 0 amide bonds. The Balaban J connectivity index is 4.27. The lowest BCUT2D eigenvalue weighted by Gasteiger charge is -2.26. The highest BCUT2D eigenvalue weighted by Gasteiger charge is 2.60. The van der Waals surface area contributed by atoms with Crippen molar-refractivity contribution in [2.45, 2.75) is 45.2 Å². The number of unbranched alkanes of at least 4 members (excludes halogenated alkanes) is 1. The third-order valence-electron chi connectivity index (χ3n) is 1.44. The van der Waals surface area contributed by atoms with E-state index >= 15 is 0 Å². The summed E-state index contributed by atoms with van der Waals surface area (Å²) in [5.74, 6) is 0. The second-order valence-electron chi connectivity index (χ2n) is 2.95. The fourth-order valence-electron chi connectivity index (χ4n) is 0.712. The van der Waals surface area contributed by atoms with Crippen LogP contribution >= 0.6 is 0 Å². The number of aliphatic hydroxyl groups is 1. The molecule has 0 aliphatic heterocycles. The molecule has 0 radical (unpaired) electrons. The SMILES string of the molecule is CCCCOC(F)(F)C(F)(F)OC(C)O. The highest BCUT2D eigenvalue weighted by molar-refractivity contribution is 4.66. The average Bonchev–Trinajstić information content (AvgIpc) is 2.01. The van der Waals surface area contributed by atoms with Crippen LogP contribution in [0, 0.1) is 0 Å². The zero-order valence-electron chi connectivity index (χ0n) is 8.47. The van der Waals surface area contributed by atoms with Crippen molar-refractivity contribution in [3.63, 3.8) is 0 Å². The molecule has 0 heterocycles. The van der Waals surface area contributed by atoms with Crippen molar-refractivity contribution in [1.29, 1.82) is 0 Å². The van der Waals surface area contributed by atoms with Crippen molar-refractivity contribution in [2.75, 3.05) is 6.61 Å². The molecule has 1 atom stereocenters. The van der Waals surface area contributed by atoms with Crippen molar-refractivity contribution in [3.8, 4) is 0 Å². The third-order valence-corrected chi connectivity index (χ3v) is 1.44. The number of halogens is 4. The van der Waals surface area contributed by atoms with Crippen molar-refractivity contribution >= 4 is 0 Å². The number of aliphatic hydroxyl groups excluding tert-OH is 1. The highest BCUT2D eigenvalue weighted by atomic mass is 19.3. The molecule has 0 saturated heterocycles. The van der Waals surface area contributed by atoms with Gasteiger partial charge in [0.05, 0.1) is 6.61 Å². The minimum absolute atomic E-state index is 0.236. The van der Waals surface area contributed by atoms with E-state index in [1.807, 2.05) is 0 Å². The third kappa shape index (κ3) is 4.76. The minimum Gasteiger partial charge on any atom is -0.368 e. The smallest absolute Gasteiger partial charge is 0.368 e. The van der Waals surface area contributed by atoms with Gasteiger partial charge in [0.15, 0.2) is 6.29 Å². The lowest BCUT2D eigenvalue weighted by atomic mass is 10.4. The number of hydrogen-bond donors (Lipinski definition) is 1. The molecule has 1 N–H and O–H groups in total. The quantitative estimate of drug-likeness (QED) is 0.417. The van der Waals surface area contributed by atoms with E-state index in [1.165, 1.54) is 0 Å². The van der Waals surface area contributed by atoms with Gasteiger partial charge in [-0.3, -0.25) is 4.74 Å². The Labute approximate surface area is 85.0 Å². The summed E-state index contributed by atoms with van der Waals surface area (Å²) in [4.78, 5) is 0. The van der Waals surface area contributed by atoms with Crippen LogP contribution in [-0.4, -0.2) is 30.2 Å². The van der Waals surface area contributed by atoms with Gasteiger partial charge in [0.2, 0.25) is 0 Å². The summed E-state index contributed by atoms with van der Waals surface area (Å²) in [5, 5.41) is 8.43. The number of alkyl halides is 4. The van der Waals surface area contributed by atoms with E-state index in [2.05, 4.69) is 9.47 Å². The van der Waals surface area contributed by atoms with E-state index < -0.39 is 25.1 Å². The highest BCUT2D eigenvalue weighted by Crippen LogP contribution is 2.37. The molecular weight excluding hydrogens is 220 g/mol. The molecule has 0 saturated carbocycles. The van der Waals surface area contributed by atoms with Gasteiger partial charge in [-0.25, -0.2) is 0 Å². The summed E-state index contributed by atoms with van der Waals surface area (Å²) >= 11 is 0. The van der Waals surface area contributed by atoms with Gasteiger partial charge in [-0.15, -0.1) is 0 Å². The van der Waals surface area contributed by atoms with Gasteiger partial charge in [0.25, 0.3) is 0 Å². The van der Waals surface area contributed by atoms with Crippen LogP contribution in [0.3, 0.4) is 0 Å². The zero-order valence-corrected chi connectivity index (χ0v) is 8.47. The Morgan fingerprint density at radius 3 is 2.13 bits per heavy atom.